The van der Waals surface area contributed by atoms with Crippen LogP contribution in [0.4, 0.5) is 0 Å². The highest BCUT2D eigenvalue weighted by molar-refractivity contribution is 6.18. The normalized spacial score (nSPS) is 16.3. The van der Waals surface area contributed by atoms with Gasteiger partial charge in [-0.3, -0.25) is 4.79 Å². The minimum atomic E-state index is 0.132. The van der Waals surface area contributed by atoms with E-state index >= 15 is 0 Å². The molecule has 1 fully saturated rings. The molecule has 1 saturated carbocycles. The van der Waals surface area contributed by atoms with E-state index < -0.39 is 0 Å². The van der Waals surface area contributed by atoms with Crippen molar-refractivity contribution in [1.82, 2.24) is 5.32 Å². The second kappa shape index (κ2) is 5.75. The minimum Gasteiger partial charge on any atom is -0.355 e. The van der Waals surface area contributed by atoms with Crippen LogP contribution in [-0.4, -0.2) is 18.3 Å². The van der Waals surface area contributed by atoms with E-state index in [0.717, 1.165) is 25.8 Å². The zero-order valence-corrected chi connectivity index (χ0v) is 11.6. The number of hydrogen-bond donors (Lipinski definition) is 1. The molecule has 1 N–H and O–H groups in total. The fourth-order valence-electron chi connectivity index (χ4n) is 2.03. The number of amides is 1. The van der Waals surface area contributed by atoms with Gasteiger partial charge in [0.1, 0.15) is 0 Å². The molecule has 0 radical (unpaired) electrons. The Balaban J connectivity index is 1.72. The summed E-state index contributed by atoms with van der Waals surface area (Å²) in [5.74, 6) is 0.790. The summed E-state index contributed by atoms with van der Waals surface area (Å²) in [5, 5.41) is 3.00. The number of carbonyl (C=O) groups is 1. The van der Waals surface area contributed by atoms with E-state index in [2.05, 4.69) is 30.4 Å². The largest absolute Gasteiger partial charge is 0.355 e. The Morgan fingerprint density at radius 2 is 2.22 bits per heavy atom. The molecule has 0 aromatic heterocycles. The van der Waals surface area contributed by atoms with Crippen molar-refractivity contribution in [3.63, 3.8) is 0 Å². The van der Waals surface area contributed by atoms with Crippen LogP contribution in [0.3, 0.4) is 0 Å². The number of nitrogens with one attached hydrogen (secondary N) is 1. The molecule has 0 bridgehead atoms. The SMILES string of the molecule is Cc1cccc(CCC(=O)NCC2(CCl)CC2)c1. The molecule has 1 aromatic rings. The van der Waals surface area contributed by atoms with Gasteiger partial charge in [-0.1, -0.05) is 29.8 Å². The van der Waals surface area contributed by atoms with Gasteiger partial charge in [0.15, 0.2) is 0 Å². The minimum absolute atomic E-state index is 0.132. The summed E-state index contributed by atoms with van der Waals surface area (Å²) in [4.78, 5) is 11.7. The highest BCUT2D eigenvalue weighted by Gasteiger charge is 2.41. The summed E-state index contributed by atoms with van der Waals surface area (Å²) in [5.41, 5.74) is 2.68. The number of alkyl halides is 1. The molecule has 0 unspecified atom stereocenters. The monoisotopic (exact) mass is 265 g/mol. The van der Waals surface area contributed by atoms with Crippen molar-refractivity contribution in [2.24, 2.45) is 5.41 Å². The first-order chi connectivity index (χ1) is 8.63. The third kappa shape index (κ3) is 3.74. The number of benzene rings is 1. The molecule has 0 spiro atoms. The zero-order chi connectivity index (χ0) is 13.0. The summed E-state index contributed by atoms with van der Waals surface area (Å²) in [7, 11) is 0. The average molecular weight is 266 g/mol. The van der Waals surface area contributed by atoms with Crippen molar-refractivity contribution in [2.75, 3.05) is 12.4 Å². The molecular weight excluding hydrogens is 246 g/mol. The number of halogens is 1. The first-order valence-electron chi connectivity index (χ1n) is 6.52. The van der Waals surface area contributed by atoms with Gasteiger partial charge in [0, 0.05) is 24.3 Å². The van der Waals surface area contributed by atoms with Crippen LogP contribution in [0.15, 0.2) is 24.3 Å². The van der Waals surface area contributed by atoms with Crippen LogP contribution in [0.2, 0.25) is 0 Å². The molecule has 2 rings (SSSR count). The lowest BCUT2D eigenvalue weighted by molar-refractivity contribution is -0.121. The smallest absolute Gasteiger partial charge is 0.220 e. The molecule has 1 amide bonds. The quantitative estimate of drug-likeness (QED) is 0.787. The van der Waals surface area contributed by atoms with Crippen LogP contribution >= 0.6 is 11.6 Å². The highest BCUT2D eigenvalue weighted by atomic mass is 35.5. The van der Waals surface area contributed by atoms with E-state index in [1.807, 2.05) is 6.07 Å². The van der Waals surface area contributed by atoms with Crippen molar-refractivity contribution in [1.29, 1.82) is 0 Å². The maximum absolute atomic E-state index is 11.7. The summed E-state index contributed by atoms with van der Waals surface area (Å²) < 4.78 is 0. The van der Waals surface area contributed by atoms with E-state index in [-0.39, 0.29) is 11.3 Å². The molecule has 2 nitrogen and oxygen atoms in total. The number of carbonyl (C=O) groups excluding carboxylic acids is 1. The second-order valence-corrected chi connectivity index (χ2v) is 5.67. The fraction of sp³-hybridized carbons (Fsp3) is 0.533. The molecule has 0 aliphatic heterocycles. The predicted octanol–water partition coefficient (Wildman–Crippen LogP) is 3.06. The third-order valence-electron chi connectivity index (χ3n) is 3.62. The maximum Gasteiger partial charge on any atom is 0.220 e. The standard InChI is InChI=1S/C15H20ClNO/c1-12-3-2-4-13(9-12)5-6-14(18)17-11-15(10-16)7-8-15/h2-4,9H,5-8,10-11H2,1H3,(H,17,18). The van der Waals surface area contributed by atoms with E-state index in [9.17, 15) is 4.79 Å². The van der Waals surface area contributed by atoms with E-state index in [1.165, 1.54) is 11.1 Å². The molecule has 0 atom stereocenters. The Hall–Kier alpha value is -1.02. The fourth-order valence-corrected chi connectivity index (χ4v) is 2.40. The molecule has 0 saturated heterocycles. The van der Waals surface area contributed by atoms with Crippen molar-refractivity contribution in [3.05, 3.63) is 35.4 Å². The van der Waals surface area contributed by atoms with Crippen LogP contribution in [0.25, 0.3) is 0 Å². The van der Waals surface area contributed by atoms with Gasteiger partial charge in [-0.25, -0.2) is 0 Å². The van der Waals surface area contributed by atoms with Gasteiger partial charge < -0.3 is 5.32 Å². The molecule has 3 heteroatoms. The molecular formula is C15H20ClNO. The predicted molar refractivity (Wildman–Crippen MR) is 74.9 cm³/mol. The van der Waals surface area contributed by atoms with Gasteiger partial charge in [0.2, 0.25) is 5.91 Å². The lowest BCUT2D eigenvalue weighted by atomic mass is 10.1. The van der Waals surface area contributed by atoms with Crippen molar-refractivity contribution in [2.45, 2.75) is 32.6 Å². The van der Waals surface area contributed by atoms with Crippen molar-refractivity contribution < 1.29 is 4.79 Å². The lowest BCUT2D eigenvalue weighted by Gasteiger charge is -2.12. The van der Waals surface area contributed by atoms with E-state index in [4.69, 9.17) is 11.6 Å². The van der Waals surface area contributed by atoms with Gasteiger partial charge in [-0.2, -0.15) is 0 Å². The number of hydrogen-bond acceptors (Lipinski definition) is 1. The van der Waals surface area contributed by atoms with Crippen molar-refractivity contribution in [3.8, 4) is 0 Å². The lowest BCUT2D eigenvalue weighted by Crippen LogP contribution is -2.31. The molecule has 18 heavy (non-hydrogen) atoms. The number of aryl methyl sites for hydroxylation is 2. The third-order valence-corrected chi connectivity index (χ3v) is 4.19. The average Bonchev–Trinajstić information content (AvgIpc) is 3.15. The Morgan fingerprint density at radius 1 is 1.44 bits per heavy atom. The Morgan fingerprint density at radius 3 is 2.83 bits per heavy atom. The van der Waals surface area contributed by atoms with Gasteiger partial charge in [-0.05, 0) is 31.7 Å². The van der Waals surface area contributed by atoms with Crippen LogP contribution in [0.5, 0.6) is 0 Å². The molecule has 98 valence electrons. The molecule has 1 aromatic carbocycles. The van der Waals surface area contributed by atoms with E-state index in [0.29, 0.717) is 12.3 Å². The van der Waals surface area contributed by atoms with Crippen LogP contribution in [0.1, 0.15) is 30.4 Å². The summed E-state index contributed by atoms with van der Waals surface area (Å²) >= 11 is 5.88. The van der Waals surface area contributed by atoms with Gasteiger partial charge >= 0.3 is 0 Å². The summed E-state index contributed by atoms with van der Waals surface area (Å²) in [6.07, 6.45) is 3.66. The van der Waals surface area contributed by atoms with Crippen molar-refractivity contribution >= 4 is 17.5 Å². The Kier molecular flexibility index (Phi) is 4.28. The Bertz CT molecular complexity index is 426. The summed E-state index contributed by atoms with van der Waals surface area (Å²) in [6, 6.07) is 8.31. The zero-order valence-electron chi connectivity index (χ0n) is 10.8. The number of rotatable bonds is 6. The van der Waals surface area contributed by atoms with Gasteiger partial charge in [0.05, 0.1) is 0 Å². The second-order valence-electron chi connectivity index (χ2n) is 5.40. The van der Waals surface area contributed by atoms with Gasteiger partial charge in [-0.15, -0.1) is 11.6 Å². The first-order valence-corrected chi connectivity index (χ1v) is 7.05. The molecule has 1 aliphatic rings. The highest BCUT2D eigenvalue weighted by Crippen LogP contribution is 2.45. The van der Waals surface area contributed by atoms with E-state index in [1.54, 1.807) is 0 Å². The van der Waals surface area contributed by atoms with Crippen LogP contribution < -0.4 is 5.32 Å². The topological polar surface area (TPSA) is 29.1 Å². The molecule has 1 aliphatic carbocycles. The molecule has 0 heterocycles. The maximum atomic E-state index is 11.7. The summed E-state index contributed by atoms with van der Waals surface area (Å²) in [6.45, 7) is 2.81. The van der Waals surface area contributed by atoms with Crippen LogP contribution in [0, 0.1) is 12.3 Å². The first kappa shape index (κ1) is 13.4. The van der Waals surface area contributed by atoms with Crippen LogP contribution in [-0.2, 0) is 11.2 Å². The Labute approximate surface area is 114 Å². The van der Waals surface area contributed by atoms with Gasteiger partial charge in [0.25, 0.3) is 0 Å².